The lowest BCUT2D eigenvalue weighted by molar-refractivity contribution is -0.0850. The van der Waals surface area contributed by atoms with E-state index in [1.807, 2.05) is 0 Å². The molecule has 0 unspecified atom stereocenters. The van der Waals surface area contributed by atoms with Crippen LogP contribution in [0, 0.1) is 17.2 Å². The number of fused-ring (bicyclic) bond motifs is 1. The highest BCUT2D eigenvalue weighted by molar-refractivity contribution is 6.30. The Kier molecular flexibility index (Phi) is 4.89. The van der Waals surface area contributed by atoms with Crippen molar-refractivity contribution in [2.75, 3.05) is 13.1 Å². The molecule has 2 heterocycles. The molecule has 0 bridgehead atoms. The minimum Gasteiger partial charge on any atom is -0.445 e. The van der Waals surface area contributed by atoms with Gasteiger partial charge in [0.25, 0.3) is 0 Å². The van der Waals surface area contributed by atoms with Crippen LogP contribution in [-0.4, -0.2) is 45.3 Å². The number of ketones is 1. The number of nitrogens with one attached hydrogen (secondary N) is 1. The molecule has 1 amide bonds. The topological polar surface area (TPSA) is 88.2 Å². The molecular weight excluding hydrogens is 423 g/mol. The molecule has 0 radical (unpaired) electrons. The fourth-order valence-corrected chi connectivity index (χ4v) is 4.92. The van der Waals surface area contributed by atoms with Crippen molar-refractivity contribution in [2.24, 2.45) is 11.3 Å². The second kappa shape index (κ2) is 7.60. The van der Waals surface area contributed by atoms with E-state index in [1.165, 1.54) is 12.1 Å². The molecule has 2 aliphatic rings. The molecule has 31 heavy (non-hydrogen) atoms. The van der Waals surface area contributed by atoms with E-state index < -0.39 is 5.82 Å². The highest BCUT2D eigenvalue weighted by atomic mass is 35.5. The van der Waals surface area contributed by atoms with Gasteiger partial charge in [-0.15, -0.1) is 0 Å². The van der Waals surface area contributed by atoms with Gasteiger partial charge in [-0.25, -0.2) is 9.18 Å². The zero-order chi connectivity index (χ0) is 21.6. The minimum atomic E-state index is -0.502. The van der Waals surface area contributed by atoms with Gasteiger partial charge in [0.05, 0.1) is 5.02 Å². The van der Waals surface area contributed by atoms with Crippen LogP contribution in [0.15, 0.2) is 36.4 Å². The number of benzene rings is 2. The normalized spacial score (nSPS) is 17.4. The molecule has 1 aliphatic heterocycles. The van der Waals surface area contributed by atoms with Crippen LogP contribution < -0.4 is 0 Å². The van der Waals surface area contributed by atoms with Crippen LogP contribution >= 0.6 is 11.6 Å². The summed E-state index contributed by atoms with van der Waals surface area (Å²) in [7, 11) is 0. The highest BCUT2D eigenvalue weighted by Gasteiger charge is 2.54. The molecule has 1 spiro atoms. The molecule has 2 fully saturated rings. The summed E-state index contributed by atoms with van der Waals surface area (Å²) in [6.07, 6.45) is 1.98. The third-order valence-corrected chi connectivity index (χ3v) is 6.50. The van der Waals surface area contributed by atoms with Crippen molar-refractivity contribution in [2.45, 2.75) is 25.9 Å². The van der Waals surface area contributed by atoms with Gasteiger partial charge in [-0.1, -0.05) is 17.7 Å². The van der Waals surface area contributed by atoms with E-state index in [2.05, 4.69) is 15.4 Å². The van der Waals surface area contributed by atoms with E-state index in [9.17, 15) is 14.0 Å². The molecule has 1 aliphatic carbocycles. The van der Waals surface area contributed by atoms with E-state index in [0.29, 0.717) is 42.1 Å². The molecule has 2 aromatic carbocycles. The Bertz CT molecular complexity index is 1170. The predicted molar refractivity (Wildman–Crippen MR) is 111 cm³/mol. The zero-order valence-corrected chi connectivity index (χ0v) is 17.4. The maximum absolute atomic E-state index is 13.2. The van der Waals surface area contributed by atoms with Crippen LogP contribution in [0.25, 0.3) is 11.0 Å². The SMILES string of the molecule is O=C(CC1CC2(C1)CN(C(=O)OCc1ccc(F)c(Cl)c1)C2)c1ccc2n[nH]nc2c1. The quantitative estimate of drug-likeness (QED) is 0.593. The Morgan fingerprint density at radius 2 is 1.94 bits per heavy atom. The van der Waals surface area contributed by atoms with E-state index in [0.717, 1.165) is 18.4 Å². The zero-order valence-electron chi connectivity index (χ0n) is 16.6. The third kappa shape index (κ3) is 3.87. The number of halogens is 2. The van der Waals surface area contributed by atoms with Crippen molar-refractivity contribution < 1.29 is 18.7 Å². The summed E-state index contributed by atoms with van der Waals surface area (Å²) in [5.74, 6) is -0.0588. The second-order valence-corrected chi connectivity index (χ2v) is 8.99. The van der Waals surface area contributed by atoms with Gasteiger partial charge in [-0.3, -0.25) is 4.79 Å². The van der Waals surface area contributed by atoms with Crippen molar-refractivity contribution in [1.82, 2.24) is 20.3 Å². The number of likely N-dealkylation sites (tertiary alicyclic amines) is 1. The van der Waals surface area contributed by atoms with Gasteiger partial charge in [-0.2, -0.15) is 15.4 Å². The lowest BCUT2D eigenvalue weighted by Crippen LogP contribution is -2.63. The van der Waals surface area contributed by atoms with Crippen molar-refractivity contribution in [3.63, 3.8) is 0 Å². The average Bonchev–Trinajstić information content (AvgIpc) is 3.17. The molecule has 3 aromatic rings. The first-order valence-electron chi connectivity index (χ1n) is 10.1. The molecular formula is C22H20ClFN4O3. The summed E-state index contributed by atoms with van der Waals surface area (Å²) < 4.78 is 18.5. The average molecular weight is 443 g/mol. The van der Waals surface area contributed by atoms with Crippen LogP contribution in [0.5, 0.6) is 0 Å². The number of rotatable bonds is 5. The number of hydrogen-bond donors (Lipinski definition) is 1. The molecule has 160 valence electrons. The van der Waals surface area contributed by atoms with Crippen LogP contribution in [0.2, 0.25) is 5.02 Å². The summed E-state index contributed by atoms with van der Waals surface area (Å²) in [6.45, 7) is 1.34. The van der Waals surface area contributed by atoms with E-state index in [-0.39, 0.29) is 28.9 Å². The van der Waals surface area contributed by atoms with Gasteiger partial charge in [0.2, 0.25) is 0 Å². The summed E-state index contributed by atoms with van der Waals surface area (Å²) in [6, 6.07) is 9.60. The van der Waals surface area contributed by atoms with Crippen LogP contribution in [0.1, 0.15) is 35.2 Å². The minimum absolute atomic E-state index is 0.00691. The molecule has 0 atom stereocenters. The van der Waals surface area contributed by atoms with E-state index in [4.69, 9.17) is 16.3 Å². The van der Waals surface area contributed by atoms with Crippen LogP contribution in [0.3, 0.4) is 0 Å². The third-order valence-electron chi connectivity index (χ3n) is 6.21. The number of ether oxygens (including phenoxy) is 1. The smallest absolute Gasteiger partial charge is 0.410 e. The van der Waals surface area contributed by atoms with E-state index in [1.54, 1.807) is 29.2 Å². The molecule has 7 nitrogen and oxygen atoms in total. The van der Waals surface area contributed by atoms with E-state index >= 15 is 0 Å². The van der Waals surface area contributed by atoms with Crippen molar-refractivity contribution in [3.8, 4) is 0 Å². The van der Waals surface area contributed by atoms with Gasteiger partial charge in [0, 0.05) is 30.5 Å². The largest absolute Gasteiger partial charge is 0.445 e. The number of hydrogen-bond acceptors (Lipinski definition) is 5. The molecule has 1 N–H and O–H groups in total. The fourth-order valence-electron chi connectivity index (χ4n) is 4.72. The first-order chi connectivity index (χ1) is 14.9. The number of carbonyl (C=O) groups excluding carboxylic acids is 2. The van der Waals surface area contributed by atoms with Crippen LogP contribution in [0.4, 0.5) is 9.18 Å². The maximum Gasteiger partial charge on any atom is 0.410 e. The Morgan fingerprint density at radius 3 is 2.71 bits per heavy atom. The molecule has 1 saturated heterocycles. The first-order valence-corrected chi connectivity index (χ1v) is 10.5. The Morgan fingerprint density at radius 1 is 1.16 bits per heavy atom. The van der Waals surface area contributed by atoms with Gasteiger partial charge in [0.1, 0.15) is 23.5 Å². The van der Waals surface area contributed by atoms with Gasteiger partial charge in [-0.05, 0) is 54.7 Å². The standard InChI is InChI=1S/C22H20ClFN4O3/c23-16-5-13(1-3-17(16)24)10-31-21(30)28-11-22(12-28)8-14(9-22)6-20(29)15-2-4-18-19(7-15)26-27-25-18/h1-5,7,14H,6,8-12H2,(H,25,26,27). The number of amides is 1. The lowest BCUT2D eigenvalue weighted by atomic mass is 9.56. The van der Waals surface area contributed by atoms with Crippen molar-refractivity contribution >= 4 is 34.5 Å². The predicted octanol–water partition coefficient (Wildman–Crippen LogP) is 4.37. The maximum atomic E-state index is 13.2. The molecule has 1 saturated carbocycles. The van der Waals surface area contributed by atoms with Crippen LogP contribution in [-0.2, 0) is 11.3 Å². The summed E-state index contributed by atoms with van der Waals surface area (Å²) in [4.78, 5) is 26.5. The summed E-state index contributed by atoms with van der Waals surface area (Å²) in [5.41, 5.74) is 2.83. The molecule has 1 aromatic heterocycles. The number of H-pyrrole nitrogens is 1. The monoisotopic (exact) mass is 442 g/mol. The fraction of sp³-hybridized carbons (Fsp3) is 0.364. The molecule has 5 rings (SSSR count). The number of aromatic amines is 1. The second-order valence-electron chi connectivity index (χ2n) is 8.59. The van der Waals surface area contributed by atoms with Gasteiger partial charge >= 0.3 is 6.09 Å². The first kappa shape index (κ1) is 19.9. The number of nitrogens with zero attached hydrogens (tertiary/aromatic N) is 3. The van der Waals surface area contributed by atoms with Crippen molar-refractivity contribution in [1.29, 1.82) is 0 Å². The van der Waals surface area contributed by atoms with Gasteiger partial charge < -0.3 is 9.64 Å². The molecule has 9 heteroatoms. The highest BCUT2D eigenvalue weighted by Crippen LogP contribution is 2.53. The van der Waals surface area contributed by atoms with Gasteiger partial charge in [0.15, 0.2) is 5.78 Å². The Labute approximate surface area is 182 Å². The van der Waals surface area contributed by atoms with Crippen molar-refractivity contribution in [3.05, 3.63) is 58.4 Å². The Hall–Kier alpha value is -3.00. The number of Topliss-reactive ketones (excluding diaryl/α,β-unsaturated/α-hetero) is 1. The summed E-state index contributed by atoms with van der Waals surface area (Å²) in [5, 5.41) is 10.6. The lowest BCUT2D eigenvalue weighted by Gasteiger charge is -2.58. The summed E-state index contributed by atoms with van der Waals surface area (Å²) >= 11 is 5.75. The number of carbonyl (C=O) groups is 2. The number of aromatic nitrogens is 3. The Balaban J connectivity index is 1.07.